The fraction of sp³-hybridized carbons (Fsp3) is 0.714. The van der Waals surface area contributed by atoms with E-state index in [9.17, 15) is 0 Å². The highest BCUT2D eigenvalue weighted by Gasteiger charge is 2.52. The van der Waals surface area contributed by atoms with Gasteiger partial charge in [-0.1, -0.05) is 6.08 Å². The molecule has 2 aliphatic heterocycles. The van der Waals surface area contributed by atoms with E-state index < -0.39 is 0 Å². The Balaban J connectivity index is 1.81. The van der Waals surface area contributed by atoms with Crippen molar-refractivity contribution in [2.24, 2.45) is 7.05 Å². The van der Waals surface area contributed by atoms with Gasteiger partial charge in [0.2, 0.25) is 0 Å². The molecular weight excluding hydrogens is 269 g/mol. The first-order chi connectivity index (χ1) is 9.78. The van der Waals surface area contributed by atoms with E-state index in [2.05, 4.69) is 44.0 Å². The molecule has 21 heavy (non-hydrogen) atoms. The van der Waals surface area contributed by atoms with Gasteiger partial charge in [0.25, 0.3) is 0 Å². The zero-order chi connectivity index (χ0) is 15.3. The summed E-state index contributed by atoms with van der Waals surface area (Å²) in [5, 5.41) is 8.40. The van der Waals surface area contributed by atoms with E-state index in [1.54, 1.807) is 13.2 Å². The highest BCUT2D eigenvalue weighted by atomic mass is 16.7. The Hall–Kier alpha value is -1.18. The molecule has 0 aliphatic carbocycles. The number of aromatic nitrogens is 3. The molecule has 1 aromatic rings. The van der Waals surface area contributed by atoms with Crippen molar-refractivity contribution in [1.82, 2.24) is 15.0 Å². The van der Waals surface area contributed by atoms with E-state index in [0.717, 1.165) is 17.6 Å². The molecule has 1 aromatic heterocycles. The summed E-state index contributed by atoms with van der Waals surface area (Å²) in [6.07, 6.45) is 4.42. The van der Waals surface area contributed by atoms with Gasteiger partial charge in [-0.25, -0.2) is 0 Å². The van der Waals surface area contributed by atoms with Gasteiger partial charge in [-0.2, -0.15) is 15.0 Å². The van der Waals surface area contributed by atoms with Gasteiger partial charge in [0.1, 0.15) is 11.8 Å². The lowest BCUT2D eigenvalue weighted by Crippen LogP contribution is -2.41. The van der Waals surface area contributed by atoms with E-state index in [1.807, 2.05) is 0 Å². The molecule has 1 atom stereocenters. The fourth-order valence-electron chi connectivity index (χ4n) is 2.48. The van der Waals surface area contributed by atoms with Crippen LogP contribution in [-0.4, -0.2) is 39.9 Å². The molecule has 0 aromatic carbocycles. The monoisotopic (exact) mass is 291 g/mol. The highest BCUT2D eigenvalue weighted by Crippen LogP contribution is 2.40. The summed E-state index contributed by atoms with van der Waals surface area (Å²) in [7, 11) is 1.49. The molecule has 0 saturated carbocycles. The quantitative estimate of drug-likeness (QED) is 0.778. The molecule has 7 heteroatoms. The van der Waals surface area contributed by atoms with Crippen LogP contribution in [0.25, 0.3) is 0 Å². The molecule has 1 saturated heterocycles. The maximum absolute atomic E-state index is 6.11. The van der Waals surface area contributed by atoms with Crippen molar-refractivity contribution in [3.8, 4) is 0 Å². The highest BCUT2D eigenvalue weighted by molar-refractivity contribution is 6.54. The van der Waals surface area contributed by atoms with E-state index in [4.69, 9.17) is 14.0 Å². The Morgan fingerprint density at radius 3 is 2.48 bits per heavy atom. The SMILES string of the molecule is Cn1ncc(C2C=C(B3OC(C)(C)C(C)(C)O3)CCO2)n1. The van der Waals surface area contributed by atoms with Crippen LogP contribution in [0.2, 0.25) is 0 Å². The molecular formula is C14H22BN3O3. The van der Waals surface area contributed by atoms with Gasteiger partial charge < -0.3 is 14.0 Å². The predicted molar refractivity (Wildman–Crippen MR) is 78.5 cm³/mol. The van der Waals surface area contributed by atoms with Crippen LogP contribution >= 0.6 is 0 Å². The van der Waals surface area contributed by atoms with E-state index in [1.165, 1.54) is 4.80 Å². The molecule has 0 radical (unpaired) electrons. The number of hydrogen-bond donors (Lipinski definition) is 0. The Kier molecular flexibility index (Phi) is 3.46. The summed E-state index contributed by atoms with van der Waals surface area (Å²) < 4.78 is 18.0. The second-order valence-electron chi connectivity index (χ2n) is 6.63. The number of rotatable bonds is 2. The molecule has 6 nitrogen and oxygen atoms in total. The van der Waals surface area contributed by atoms with Crippen molar-refractivity contribution in [2.75, 3.05) is 6.61 Å². The molecule has 0 amide bonds. The van der Waals surface area contributed by atoms with Crippen molar-refractivity contribution >= 4 is 7.12 Å². The predicted octanol–water partition coefficient (Wildman–Crippen LogP) is 1.83. The molecule has 2 aliphatic rings. The first kappa shape index (κ1) is 14.7. The van der Waals surface area contributed by atoms with Gasteiger partial charge in [-0.15, -0.1) is 0 Å². The third kappa shape index (κ3) is 2.65. The lowest BCUT2D eigenvalue weighted by molar-refractivity contribution is 0.00578. The van der Waals surface area contributed by atoms with Gasteiger partial charge in [0, 0.05) is 7.05 Å². The first-order valence-corrected chi connectivity index (χ1v) is 7.32. The third-order valence-corrected chi connectivity index (χ3v) is 4.52. The number of hydrogen-bond acceptors (Lipinski definition) is 5. The Bertz CT molecular complexity index is 552. The van der Waals surface area contributed by atoms with Gasteiger partial charge in [-0.05, 0) is 39.6 Å². The van der Waals surface area contributed by atoms with Crippen LogP contribution in [0.15, 0.2) is 17.7 Å². The third-order valence-electron chi connectivity index (χ3n) is 4.52. The maximum atomic E-state index is 6.11. The molecule has 0 N–H and O–H groups in total. The molecule has 0 spiro atoms. The normalized spacial score (nSPS) is 27.8. The molecule has 114 valence electrons. The minimum absolute atomic E-state index is 0.179. The van der Waals surface area contributed by atoms with Crippen LogP contribution in [0.4, 0.5) is 0 Å². The van der Waals surface area contributed by atoms with Crippen molar-refractivity contribution in [2.45, 2.75) is 51.4 Å². The molecule has 0 bridgehead atoms. The topological polar surface area (TPSA) is 58.4 Å². The summed E-state index contributed by atoms with van der Waals surface area (Å²) in [5.41, 5.74) is 1.29. The lowest BCUT2D eigenvalue weighted by Gasteiger charge is -2.32. The molecule has 3 rings (SSSR count). The molecule has 1 fully saturated rings. The van der Waals surface area contributed by atoms with E-state index in [-0.39, 0.29) is 24.4 Å². The average molecular weight is 291 g/mol. The van der Waals surface area contributed by atoms with Crippen molar-refractivity contribution in [3.63, 3.8) is 0 Å². The van der Waals surface area contributed by atoms with Gasteiger partial charge in [0.05, 0.1) is 24.0 Å². The lowest BCUT2D eigenvalue weighted by atomic mass is 9.74. The number of ether oxygens (including phenoxy) is 1. The van der Waals surface area contributed by atoms with E-state index in [0.29, 0.717) is 6.61 Å². The number of aryl methyl sites for hydroxylation is 1. The Morgan fingerprint density at radius 1 is 1.24 bits per heavy atom. The van der Waals surface area contributed by atoms with Crippen LogP contribution < -0.4 is 0 Å². The van der Waals surface area contributed by atoms with Crippen molar-refractivity contribution < 1.29 is 14.0 Å². The smallest absolute Gasteiger partial charge is 0.400 e. The zero-order valence-corrected chi connectivity index (χ0v) is 13.3. The molecule has 1 unspecified atom stereocenters. The van der Waals surface area contributed by atoms with Gasteiger partial charge >= 0.3 is 7.12 Å². The Labute approximate surface area is 125 Å². The minimum Gasteiger partial charge on any atom is -0.400 e. The largest absolute Gasteiger partial charge is 0.490 e. The van der Waals surface area contributed by atoms with Crippen LogP contribution in [0, 0.1) is 0 Å². The van der Waals surface area contributed by atoms with Crippen LogP contribution in [0.5, 0.6) is 0 Å². The average Bonchev–Trinajstić information content (AvgIpc) is 2.92. The van der Waals surface area contributed by atoms with E-state index >= 15 is 0 Å². The van der Waals surface area contributed by atoms with Crippen molar-refractivity contribution in [1.29, 1.82) is 0 Å². The second-order valence-corrected chi connectivity index (χ2v) is 6.63. The number of nitrogens with zero attached hydrogens (tertiary/aromatic N) is 3. The molecule has 3 heterocycles. The summed E-state index contributed by atoms with van der Waals surface area (Å²) in [6, 6.07) is 0. The summed E-state index contributed by atoms with van der Waals surface area (Å²) in [6.45, 7) is 8.89. The minimum atomic E-state index is -0.321. The Morgan fingerprint density at radius 2 is 1.90 bits per heavy atom. The second kappa shape index (κ2) is 4.93. The first-order valence-electron chi connectivity index (χ1n) is 7.32. The summed E-state index contributed by atoms with van der Waals surface area (Å²) in [4.78, 5) is 1.54. The van der Waals surface area contributed by atoms with Gasteiger partial charge in [-0.3, -0.25) is 0 Å². The van der Waals surface area contributed by atoms with Crippen LogP contribution in [-0.2, 0) is 21.1 Å². The van der Waals surface area contributed by atoms with Crippen LogP contribution in [0.1, 0.15) is 45.9 Å². The van der Waals surface area contributed by atoms with Crippen LogP contribution in [0.3, 0.4) is 0 Å². The maximum Gasteiger partial charge on any atom is 0.490 e. The summed E-state index contributed by atoms with van der Waals surface area (Å²) >= 11 is 0. The van der Waals surface area contributed by atoms with Gasteiger partial charge in [0.15, 0.2) is 0 Å². The van der Waals surface area contributed by atoms with Crippen molar-refractivity contribution in [3.05, 3.63) is 23.4 Å². The standard InChI is InChI=1S/C14H22BN3O3/c1-13(2)14(3,4)21-15(20-13)10-6-7-19-12(8-10)11-9-16-18(5)17-11/h8-9,12H,6-7H2,1-5H3. The summed E-state index contributed by atoms with van der Waals surface area (Å²) in [5.74, 6) is 0. The zero-order valence-electron chi connectivity index (χ0n) is 13.3. The fourth-order valence-corrected chi connectivity index (χ4v) is 2.48.